The quantitative estimate of drug-likeness (QED) is 0.707. The summed E-state index contributed by atoms with van der Waals surface area (Å²) in [4.78, 5) is 11.0. The Balaban J connectivity index is 0.00000256. The molecule has 0 bridgehead atoms. The Morgan fingerprint density at radius 3 is 2.41 bits per heavy atom. The summed E-state index contributed by atoms with van der Waals surface area (Å²) in [6, 6.07) is 5.96. The number of hydrogen-bond acceptors (Lipinski definition) is 4. The van der Waals surface area contributed by atoms with Crippen molar-refractivity contribution in [3.05, 3.63) is 29.8 Å². The number of methoxy groups -OCH3 is 1. The van der Waals surface area contributed by atoms with E-state index in [1.165, 1.54) is 0 Å². The number of carboxylic acid groups (broad SMARTS) is 1. The van der Waals surface area contributed by atoms with Gasteiger partial charge in [-0.15, -0.1) is 12.4 Å². The highest BCUT2D eigenvalue weighted by atomic mass is 35.5. The topological polar surface area (TPSA) is 78.8 Å². The zero-order valence-corrected chi connectivity index (χ0v) is 10.2. The summed E-state index contributed by atoms with van der Waals surface area (Å²) in [5, 5.41) is 20.4. The maximum atomic E-state index is 11.0. The molecule has 0 aromatic heterocycles. The van der Waals surface area contributed by atoms with Crippen LogP contribution in [0.5, 0.6) is 5.75 Å². The molecule has 5 nitrogen and oxygen atoms in total. The van der Waals surface area contributed by atoms with Crippen LogP contribution in [0.4, 0.5) is 0 Å². The predicted molar refractivity (Wildman–Crippen MR) is 65.7 cm³/mol. The Labute approximate surface area is 106 Å². The van der Waals surface area contributed by atoms with Gasteiger partial charge in [0.25, 0.3) is 0 Å². The van der Waals surface area contributed by atoms with Gasteiger partial charge < -0.3 is 14.9 Å². The fourth-order valence-corrected chi connectivity index (χ4v) is 1.35. The third kappa shape index (κ3) is 4.60. The molecule has 1 aromatic carbocycles. The van der Waals surface area contributed by atoms with Crippen molar-refractivity contribution in [1.82, 2.24) is 5.32 Å². The van der Waals surface area contributed by atoms with Crippen molar-refractivity contribution in [3.8, 4) is 5.75 Å². The van der Waals surface area contributed by atoms with Crippen molar-refractivity contribution < 1.29 is 19.7 Å². The molecular weight excluding hydrogens is 246 g/mol. The molecule has 1 unspecified atom stereocenters. The molecule has 0 fully saturated rings. The van der Waals surface area contributed by atoms with Gasteiger partial charge in [0.2, 0.25) is 0 Å². The first kappa shape index (κ1) is 15.7. The molecule has 0 aliphatic rings. The van der Waals surface area contributed by atoms with E-state index in [1.54, 1.807) is 31.4 Å². The molecule has 1 aromatic rings. The largest absolute Gasteiger partial charge is 0.497 e. The third-order valence-electron chi connectivity index (χ3n) is 2.16. The van der Waals surface area contributed by atoms with Gasteiger partial charge in [0.1, 0.15) is 11.8 Å². The van der Waals surface area contributed by atoms with Gasteiger partial charge in [0.15, 0.2) is 0 Å². The van der Waals surface area contributed by atoms with Crippen LogP contribution in [0.2, 0.25) is 0 Å². The lowest BCUT2D eigenvalue weighted by Gasteiger charge is -2.14. The number of carboxylic acids is 1. The number of nitrogens with one attached hydrogen (secondary N) is 1. The molecule has 0 saturated heterocycles. The zero-order chi connectivity index (χ0) is 12.0. The van der Waals surface area contributed by atoms with Crippen molar-refractivity contribution in [2.75, 3.05) is 20.3 Å². The number of aliphatic carboxylic acids is 1. The molecule has 96 valence electrons. The van der Waals surface area contributed by atoms with Crippen molar-refractivity contribution in [2.24, 2.45) is 0 Å². The second kappa shape index (κ2) is 7.89. The molecule has 0 aliphatic carbocycles. The summed E-state index contributed by atoms with van der Waals surface area (Å²) in [5.74, 6) is -0.298. The highest BCUT2D eigenvalue weighted by Gasteiger charge is 2.18. The van der Waals surface area contributed by atoms with Crippen molar-refractivity contribution >= 4 is 18.4 Å². The van der Waals surface area contributed by atoms with E-state index < -0.39 is 12.0 Å². The molecule has 0 amide bonds. The van der Waals surface area contributed by atoms with Gasteiger partial charge in [-0.25, -0.2) is 0 Å². The normalized spacial score (nSPS) is 11.4. The summed E-state index contributed by atoms with van der Waals surface area (Å²) < 4.78 is 4.98. The number of carbonyl (C=O) groups is 1. The maximum absolute atomic E-state index is 11.0. The smallest absolute Gasteiger partial charge is 0.325 e. The van der Waals surface area contributed by atoms with Crippen LogP contribution >= 0.6 is 12.4 Å². The van der Waals surface area contributed by atoms with Crippen LogP contribution in [0, 0.1) is 0 Å². The Bertz CT molecular complexity index is 342. The first-order valence-corrected chi connectivity index (χ1v) is 4.90. The monoisotopic (exact) mass is 261 g/mol. The van der Waals surface area contributed by atoms with E-state index in [4.69, 9.17) is 14.9 Å². The van der Waals surface area contributed by atoms with Gasteiger partial charge in [-0.05, 0) is 17.7 Å². The predicted octanol–water partition coefficient (Wildman–Crippen LogP) is 0.825. The minimum atomic E-state index is -0.974. The van der Waals surface area contributed by atoms with Crippen molar-refractivity contribution in [1.29, 1.82) is 0 Å². The second-order valence-corrected chi connectivity index (χ2v) is 3.22. The SMILES string of the molecule is COc1ccc(C(NCCO)C(=O)O)cc1.Cl. The maximum Gasteiger partial charge on any atom is 0.325 e. The Morgan fingerprint density at radius 2 is 2.00 bits per heavy atom. The molecule has 17 heavy (non-hydrogen) atoms. The van der Waals surface area contributed by atoms with Gasteiger partial charge in [-0.3, -0.25) is 10.1 Å². The van der Waals surface area contributed by atoms with Crippen LogP contribution in [0.25, 0.3) is 0 Å². The lowest BCUT2D eigenvalue weighted by atomic mass is 10.1. The highest BCUT2D eigenvalue weighted by molar-refractivity contribution is 5.85. The van der Waals surface area contributed by atoms with Crippen LogP contribution in [0.3, 0.4) is 0 Å². The van der Waals surface area contributed by atoms with E-state index in [0.717, 1.165) is 0 Å². The number of benzene rings is 1. The van der Waals surface area contributed by atoms with Gasteiger partial charge in [0, 0.05) is 6.54 Å². The number of aliphatic hydroxyl groups excluding tert-OH is 1. The first-order chi connectivity index (χ1) is 7.69. The van der Waals surface area contributed by atoms with E-state index >= 15 is 0 Å². The van der Waals surface area contributed by atoms with Gasteiger partial charge in [-0.2, -0.15) is 0 Å². The highest BCUT2D eigenvalue weighted by Crippen LogP contribution is 2.17. The second-order valence-electron chi connectivity index (χ2n) is 3.22. The molecule has 3 N–H and O–H groups in total. The van der Waals surface area contributed by atoms with E-state index in [1.807, 2.05) is 0 Å². The number of halogens is 1. The van der Waals surface area contributed by atoms with Crippen LogP contribution in [0.15, 0.2) is 24.3 Å². The standard InChI is InChI=1S/C11H15NO4.ClH/c1-16-9-4-2-8(3-5-9)10(11(14)15)12-6-7-13;/h2-5,10,12-13H,6-7H2,1H3,(H,14,15);1H. The van der Waals surface area contributed by atoms with Gasteiger partial charge in [0.05, 0.1) is 13.7 Å². The molecular formula is C11H16ClNO4. The average molecular weight is 262 g/mol. The number of ether oxygens (including phenoxy) is 1. The molecule has 1 atom stereocenters. The Kier molecular flexibility index (Phi) is 7.29. The first-order valence-electron chi connectivity index (χ1n) is 4.90. The minimum Gasteiger partial charge on any atom is -0.497 e. The molecule has 0 saturated carbocycles. The van der Waals surface area contributed by atoms with E-state index in [2.05, 4.69) is 5.32 Å². The molecule has 1 rings (SSSR count). The number of aliphatic hydroxyl groups is 1. The number of rotatable bonds is 6. The Morgan fingerprint density at radius 1 is 1.41 bits per heavy atom. The van der Waals surface area contributed by atoms with Crippen molar-refractivity contribution in [3.63, 3.8) is 0 Å². The molecule has 0 radical (unpaired) electrons. The molecule has 0 aliphatic heterocycles. The van der Waals surface area contributed by atoms with E-state index in [0.29, 0.717) is 11.3 Å². The fraction of sp³-hybridized carbons (Fsp3) is 0.364. The van der Waals surface area contributed by atoms with Crippen LogP contribution in [-0.2, 0) is 4.79 Å². The Hall–Kier alpha value is -1.30. The summed E-state index contributed by atoms with van der Waals surface area (Å²) in [6.45, 7) is 0.142. The lowest BCUT2D eigenvalue weighted by molar-refractivity contribution is -0.139. The van der Waals surface area contributed by atoms with Gasteiger partial charge in [-0.1, -0.05) is 12.1 Å². The number of hydrogen-bond donors (Lipinski definition) is 3. The van der Waals surface area contributed by atoms with Crippen LogP contribution in [0.1, 0.15) is 11.6 Å². The summed E-state index contributed by atoms with van der Waals surface area (Å²) >= 11 is 0. The third-order valence-corrected chi connectivity index (χ3v) is 2.16. The van der Waals surface area contributed by atoms with E-state index in [-0.39, 0.29) is 25.6 Å². The van der Waals surface area contributed by atoms with Crippen LogP contribution in [-0.4, -0.2) is 36.4 Å². The van der Waals surface area contributed by atoms with Gasteiger partial charge >= 0.3 is 5.97 Å². The van der Waals surface area contributed by atoms with Crippen molar-refractivity contribution in [2.45, 2.75) is 6.04 Å². The fourth-order valence-electron chi connectivity index (χ4n) is 1.35. The summed E-state index contributed by atoms with van der Waals surface area (Å²) in [6.07, 6.45) is 0. The van der Waals surface area contributed by atoms with Crippen LogP contribution < -0.4 is 10.1 Å². The molecule has 0 heterocycles. The summed E-state index contributed by atoms with van der Waals surface area (Å²) in [5.41, 5.74) is 0.627. The zero-order valence-electron chi connectivity index (χ0n) is 9.42. The molecule has 6 heteroatoms. The summed E-state index contributed by atoms with van der Waals surface area (Å²) in [7, 11) is 1.55. The molecule has 0 spiro atoms. The average Bonchev–Trinajstić information content (AvgIpc) is 2.30. The van der Waals surface area contributed by atoms with E-state index in [9.17, 15) is 4.79 Å². The minimum absolute atomic E-state index is 0. The lowest BCUT2D eigenvalue weighted by Crippen LogP contribution is -2.30.